The van der Waals surface area contributed by atoms with Crippen molar-refractivity contribution in [1.29, 1.82) is 0 Å². The Labute approximate surface area is 114 Å². The normalized spacial score (nSPS) is 12.4. The highest BCUT2D eigenvalue weighted by molar-refractivity contribution is 5.21. The van der Waals surface area contributed by atoms with E-state index < -0.39 is 17.7 Å². The van der Waals surface area contributed by atoms with E-state index in [1.807, 2.05) is 0 Å². The van der Waals surface area contributed by atoms with Crippen molar-refractivity contribution in [3.8, 4) is 0 Å². The van der Waals surface area contributed by atoms with E-state index in [0.29, 0.717) is 6.54 Å². The third kappa shape index (κ3) is 3.82. The van der Waals surface area contributed by atoms with Crippen molar-refractivity contribution in [2.45, 2.75) is 12.6 Å². The summed E-state index contributed by atoms with van der Waals surface area (Å²) in [6.45, 7) is 0.464. The van der Waals surface area contributed by atoms with Gasteiger partial charge in [-0.3, -0.25) is 0 Å². The smallest absolute Gasteiger partial charge is 0.129 e. The van der Waals surface area contributed by atoms with E-state index in [2.05, 4.69) is 5.32 Å². The minimum atomic E-state index is -1.15. The van der Waals surface area contributed by atoms with E-state index in [1.165, 1.54) is 12.1 Å². The fraction of sp³-hybridized carbons (Fsp3) is 0.200. The fourth-order valence-electron chi connectivity index (χ4n) is 1.84. The van der Waals surface area contributed by atoms with Crippen LogP contribution in [0.25, 0.3) is 0 Å². The van der Waals surface area contributed by atoms with Gasteiger partial charge in [-0.25, -0.2) is 13.2 Å². The van der Waals surface area contributed by atoms with Crippen LogP contribution >= 0.6 is 0 Å². The molecule has 0 fully saturated rings. The van der Waals surface area contributed by atoms with E-state index in [4.69, 9.17) is 0 Å². The van der Waals surface area contributed by atoms with Gasteiger partial charge in [0.05, 0.1) is 6.10 Å². The van der Waals surface area contributed by atoms with Crippen molar-refractivity contribution in [2.24, 2.45) is 0 Å². The van der Waals surface area contributed by atoms with Crippen LogP contribution in [0.15, 0.2) is 42.5 Å². The summed E-state index contributed by atoms with van der Waals surface area (Å²) in [5, 5.41) is 12.7. The zero-order valence-electron chi connectivity index (χ0n) is 10.6. The second kappa shape index (κ2) is 6.54. The van der Waals surface area contributed by atoms with Crippen molar-refractivity contribution in [3.05, 3.63) is 71.0 Å². The van der Waals surface area contributed by atoms with Crippen LogP contribution in [-0.4, -0.2) is 11.7 Å². The van der Waals surface area contributed by atoms with E-state index >= 15 is 0 Å². The van der Waals surface area contributed by atoms with Gasteiger partial charge >= 0.3 is 0 Å². The number of nitrogens with one attached hydrogen (secondary N) is 1. The fourth-order valence-corrected chi connectivity index (χ4v) is 1.84. The average molecular weight is 281 g/mol. The Morgan fingerprint density at radius 3 is 2.30 bits per heavy atom. The van der Waals surface area contributed by atoms with Gasteiger partial charge < -0.3 is 10.4 Å². The monoisotopic (exact) mass is 281 g/mol. The lowest BCUT2D eigenvalue weighted by atomic mass is 10.1. The summed E-state index contributed by atoms with van der Waals surface area (Å²) in [4.78, 5) is 0. The molecule has 0 heterocycles. The maximum atomic E-state index is 13.4. The number of halogens is 3. The van der Waals surface area contributed by atoms with Gasteiger partial charge in [0.1, 0.15) is 17.5 Å². The Morgan fingerprint density at radius 2 is 1.60 bits per heavy atom. The van der Waals surface area contributed by atoms with Crippen LogP contribution < -0.4 is 5.32 Å². The third-order valence-corrected chi connectivity index (χ3v) is 2.90. The van der Waals surface area contributed by atoms with Crippen LogP contribution in [0.5, 0.6) is 0 Å². The number of aliphatic hydroxyl groups excluding tert-OH is 1. The quantitative estimate of drug-likeness (QED) is 0.883. The van der Waals surface area contributed by atoms with Gasteiger partial charge in [-0.1, -0.05) is 12.1 Å². The van der Waals surface area contributed by atoms with Crippen molar-refractivity contribution in [1.82, 2.24) is 5.32 Å². The topological polar surface area (TPSA) is 32.3 Å². The van der Waals surface area contributed by atoms with Crippen molar-refractivity contribution in [2.75, 3.05) is 6.54 Å². The number of rotatable bonds is 5. The molecule has 1 atom stereocenters. The van der Waals surface area contributed by atoms with Gasteiger partial charge in [0.2, 0.25) is 0 Å². The molecule has 1 unspecified atom stereocenters. The molecular weight excluding hydrogens is 267 g/mol. The molecule has 106 valence electrons. The highest BCUT2D eigenvalue weighted by Gasteiger charge is 2.13. The molecule has 2 rings (SSSR count). The summed E-state index contributed by atoms with van der Waals surface area (Å²) in [7, 11) is 0. The molecule has 0 radical (unpaired) electrons. The number of aliphatic hydroxyl groups is 1. The first-order valence-corrected chi connectivity index (χ1v) is 6.14. The van der Waals surface area contributed by atoms with Crippen molar-refractivity contribution in [3.63, 3.8) is 0 Å². The SMILES string of the molecule is OC(CNCc1ccc(F)cc1)c1cc(F)ccc1F. The Bertz CT molecular complexity index is 572. The minimum absolute atomic E-state index is 0.0672. The Kier molecular flexibility index (Phi) is 4.76. The Morgan fingerprint density at radius 1 is 0.950 bits per heavy atom. The summed E-state index contributed by atoms with van der Waals surface area (Å²) in [6.07, 6.45) is -1.15. The maximum absolute atomic E-state index is 13.4. The van der Waals surface area contributed by atoms with Gasteiger partial charge in [-0.15, -0.1) is 0 Å². The molecule has 2 nitrogen and oxygen atoms in total. The molecule has 0 spiro atoms. The predicted octanol–water partition coefficient (Wildman–Crippen LogP) is 2.93. The minimum Gasteiger partial charge on any atom is -0.387 e. The molecule has 2 aromatic rings. The Balaban J connectivity index is 1.90. The average Bonchev–Trinajstić information content (AvgIpc) is 2.43. The molecule has 0 aliphatic rings. The lowest BCUT2D eigenvalue weighted by molar-refractivity contribution is 0.169. The van der Waals surface area contributed by atoms with Gasteiger partial charge in [-0.2, -0.15) is 0 Å². The number of hydrogen-bond acceptors (Lipinski definition) is 2. The summed E-state index contributed by atoms with van der Waals surface area (Å²) in [5.74, 6) is -1.57. The number of benzene rings is 2. The van der Waals surface area contributed by atoms with Crippen LogP contribution in [0.4, 0.5) is 13.2 Å². The van der Waals surface area contributed by atoms with Crippen LogP contribution in [0.2, 0.25) is 0 Å². The summed E-state index contributed by atoms with van der Waals surface area (Å²) in [6, 6.07) is 8.83. The lowest BCUT2D eigenvalue weighted by Gasteiger charge is -2.13. The molecule has 0 aliphatic carbocycles. The lowest BCUT2D eigenvalue weighted by Crippen LogP contribution is -2.21. The molecule has 0 amide bonds. The molecule has 2 N–H and O–H groups in total. The van der Waals surface area contributed by atoms with E-state index in [0.717, 1.165) is 23.8 Å². The van der Waals surface area contributed by atoms with E-state index in [9.17, 15) is 18.3 Å². The highest BCUT2D eigenvalue weighted by atomic mass is 19.1. The maximum Gasteiger partial charge on any atom is 0.129 e. The van der Waals surface area contributed by atoms with Gasteiger partial charge in [0.25, 0.3) is 0 Å². The number of hydrogen-bond donors (Lipinski definition) is 2. The molecular formula is C15H14F3NO. The van der Waals surface area contributed by atoms with Crippen molar-refractivity contribution >= 4 is 0 Å². The van der Waals surface area contributed by atoms with Crippen LogP contribution in [0.1, 0.15) is 17.2 Å². The molecule has 0 aliphatic heterocycles. The largest absolute Gasteiger partial charge is 0.387 e. The first-order chi connectivity index (χ1) is 9.56. The van der Waals surface area contributed by atoms with Crippen molar-refractivity contribution < 1.29 is 18.3 Å². The first-order valence-electron chi connectivity index (χ1n) is 6.14. The molecule has 0 saturated heterocycles. The first kappa shape index (κ1) is 14.6. The highest BCUT2D eigenvalue weighted by Crippen LogP contribution is 2.17. The zero-order chi connectivity index (χ0) is 14.5. The van der Waals surface area contributed by atoms with Gasteiger partial charge in [0.15, 0.2) is 0 Å². The molecule has 2 aromatic carbocycles. The summed E-state index contributed by atoms with van der Waals surface area (Å²) in [5.41, 5.74) is 0.745. The summed E-state index contributed by atoms with van der Waals surface area (Å²) < 4.78 is 39.1. The molecule has 0 bridgehead atoms. The van der Waals surface area contributed by atoms with Crippen LogP contribution in [0.3, 0.4) is 0 Å². The van der Waals surface area contributed by atoms with Crippen LogP contribution in [-0.2, 0) is 6.54 Å². The Hall–Kier alpha value is -1.85. The van der Waals surface area contributed by atoms with E-state index in [-0.39, 0.29) is 17.9 Å². The molecule has 0 saturated carbocycles. The predicted molar refractivity (Wildman–Crippen MR) is 69.4 cm³/mol. The van der Waals surface area contributed by atoms with Gasteiger partial charge in [0, 0.05) is 18.7 Å². The van der Waals surface area contributed by atoms with E-state index in [1.54, 1.807) is 12.1 Å². The summed E-state index contributed by atoms with van der Waals surface area (Å²) >= 11 is 0. The molecule has 0 aromatic heterocycles. The van der Waals surface area contributed by atoms with Crippen LogP contribution in [0, 0.1) is 17.5 Å². The second-order valence-electron chi connectivity index (χ2n) is 4.44. The van der Waals surface area contributed by atoms with Gasteiger partial charge in [-0.05, 0) is 35.9 Å². The second-order valence-corrected chi connectivity index (χ2v) is 4.44. The standard InChI is InChI=1S/C15H14F3NO/c16-11-3-1-10(2-4-11)8-19-9-15(20)13-7-12(17)5-6-14(13)18/h1-7,15,19-20H,8-9H2. The third-order valence-electron chi connectivity index (χ3n) is 2.90. The zero-order valence-corrected chi connectivity index (χ0v) is 10.6. The molecule has 20 heavy (non-hydrogen) atoms. The molecule has 5 heteroatoms.